The van der Waals surface area contributed by atoms with Crippen molar-refractivity contribution in [2.45, 2.75) is 13.8 Å². The minimum atomic E-state index is -0.556. The zero-order valence-electron chi connectivity index (χ0n) is 19.4. The molecule has 1 saturated heterocycles. The Balaban J connectivity index is 1.58. The van der Waals surface area contributed by atoms with E-state index >= 15 is 0 Å². The van der Waals surface area contributed by atoms with Gasteiger partial charge in [-0.3, -0.25) is 14.9 Å². The number of benzene rings is 2. The molecule has 4 rings (SSSR count). The largest absolute Gasteiger partial charge is 0.462 e. The van der Waals surface area contributed by atoms with Crippen LogP contribution in [-0.4, -0.2) is 49.7 Å². The van der Waals surface area contributed by atoms with E-state index in [1.165, 1.54) is 18.2 Å². The maximum absolute atomic E-state index is 12.8. The van der Waals surface area contributed by atoms with Crippen molar-refractivity contribution in [2.75, 3.05) is 43.1 Å². The predicted molar refractivity (Wildman–Crippen MR) is 129 cm³/mol. The number of carbonyl (C=O) groups is 2. The summed E-state index contributed by atoms with van der Waals surface area (Å²) in [6.45, 7) is 6.09. The van der Waals surface area contributed by atoms with Gasteiger partial charge in [0, 0.05) is 24.8 Å². The van der Waals surface area contributed by atoms with Crippen LogP contribution in [0.2, 0.25) is 0 Å². The van der Waals surface area contributed by atoms with Gasteiger partial charge in [-0.05, 0) is 55.8 Å². The number of anilines is 2. The van der Waals surface area contributed by atoms with Gasteiger partial charge in [0.1, 0.15) is 5.76 Å². The molecule has 1 fully saturated rings. The van der Waals surface area contributed by atoms with Gasteiger partial charge in [-0.2, -0.15) is 0 Å². The molecule has 0 radical (unpaired) electrons. The number of carbonyl (C=O) groups excluding carboxylic acids is 2. The average molecular weight is 479 g/mol. The molecular weight excluding hydrogens is 454 g/mol. The Labute approximate surface area is 201 Å². The molecule has 1 aromatic heterocycles. The second kappa shape index (κ2) is 10.4. The summed E-state index contributed by atoms with van der Waals surface area (Å²) in [6.07, 6.45) is 0. The third-order valence-electron chi connectivity index (χ3n) is 5.55. The summed E-state index contributed by atoms with van der Waals surface area (Å²) in [4.78, 5) is 38.5. The number of furan rings is 1. The van der Waals surface area contributed by atoms with Gasteiger partial charge in [-0.25, -0.2) is 4.79 Å². The van der Waals surface area contributed by atoms with Gasteiger partial charge < -0.3 is 24.1 Å². The van der Waals surface area contributed by atoms with E-state index in [1.807, 2.05) is 4.90 Å². The molecule has 2 aromatic carbocycles. The Morgan fingerprint density at radius 3 is 2.60 bits per heavy atom. The number of nitrogens with zero attached hydrogens (tertiary/aromatic N) is 2. The van der Waals surface area contributed by atoms with Crippen LogP contribution in [0.1, 0.15) is 33.4 Å². The van der Waals surface area contributed by atoms with Crippen LogP contribution in [-0.2, 0) is 9.47 Å². The van der Waals surface area contributed by atoms with E-state index in [9.17, 15) is 19.7 Å². The smallest absolute Gasteiger partial charge is 0.340 e. The summed E-state index contributed by atoms with van der Waals surface area (Å²) < 4.78 is 16.2. The Hall–Kier alpha value is -4.18. The number of amides is 1. The van der Waals surface area contributed by atoms with Crippen LogP contribution in [0.15, 0.2) is 52.9 Å². The Kier molecular flexibility index (Phi) is 7.11. The zero-order chi connectivity index (χ0) is 24.9. The lowest BCUT2D eigenvalue weighted by molar-refractivity contribution is -0.384. The molecule has 0 bridgehead atoms. The number of hydrogen-bond donors (Lipinski definition) is 1. The number of esters is 1. The van der Waals surface area contributed by atoms with Crippen molar-refractivity contribution in [3.8, 4) is 11.3 Å². The highest BCUT2D eigenvalue weighted by Crippen LogP contribution is 2.32. The number of ether oxygens (including phenoxy) is 2. The maximum Gasteiger partial charge on any atom is 0.340 e. The summed E-state index contributed by atoms with van der Waals surface area (Å²) >= 11 is 0. The fourth-order valence-electron chi connectivity index (χ4n) is 3.86. The molecule has 2 heterocycles. The molecule has 1 N–H and O–H groups in total. The molecular formula is C25H25N3O7. The van der Waals surface area contributed by atoms with E-state index in [2.05, 4.69) is 5.32 Å². The van der Waals surface area contributed by atoms with E-state index in [0.717, 1.165) is 5.56 Å². The Morgan fingerprint density at radius 1 is 1.11 bits per heavy atom. The third-order valence-corrected chi connectivity index (χ3v) is 5.55. The van der Waals surface area contributed by atoms with Gasteiger partial charge in [0.05, 0.1) is 41.6 Å². The van der Waals surface area contributed by atoms with Crippen LogP contribution in [0.25, 0.3) is 11.3 Å². The van der Waals surface area contributed by atoms with Gasteiger partial charge in [0.25, 0.3) is 11.6 Å². The molecule has 182 valence electrons. The molecule has 1 aliphatic rings. The highest BCUT2D eigenvalue weighted by Gasteiger charge is 2.23. The standard InChI is InChI=1S/C25H25N3O7/c1-3-34-25(30)19-15-17(5-7-20(19)27-10-12-33-13-11-27)26-24(29)23-9-8-22(35-23)18-6-4-16(2)14-21(18)28(31)32/h4-9,14-15H,3,10-13H2,1-2H3,(H,26,29). The molecule has 0 aliphatic carbocycles. The lowest BCUT2D eigenvalue weighted by Crippen LogP contribution is -2.37. The molecule has 3 aromatic rings. The number of hydrogen-bond acceptors (Lipinski definition) is 8. The van der Waals surface area contributed by atoms with Gasteiger partial charge in [-0.1, -0.05) is 6.07 Å². The van der Waals surface area contributed by atoms with E-state index in [0.29, 0.717) is 43.2 Å². The second-order valence-electron chi connectivity index (χ2n) is 7.95. The van der Waals surface area contributed by atoms with Crippen molar-refractivity contribution in [3.63, 3.8) is 0 Å². The SMILES string of the molecule is CCOC(=O)c1cc(NC(=O)c2ccc(-c3ccc(C)cc3[N+](=O)[O-])o2)ccc1N1CCOCC1. The van der Waals surface area contributed by atoms with Gasteiger partial charge in [-0.15, -0.1) is 0 Å². The van der Waals surface area contributed by atoms with Crippen molar-refractivity contribution in [1.82, 2.24) is 0 Å². The summed E-state index contributed by atoms with van der Waals surface area (Å²) in [5.74, 6) is -0.862. The van der Waals surface area contributed by atoms with Crippen LogP contribution in [0.5, 0.6) is 0 Å². The molecule has 1 amide bonds. The van der Waals surface area contributed by atoms with E-state index in [4.69, 9.17) is 13.9 Å². The Morgan fingerprint density at radius 2 is 1.89 bits per heavy atom. The van der Waals surface area contributed by atoms with E-state index in [-0.39, 0.29) is 29.4 Å². The van der Waals surface area contributed by atoms with Crippen molar-refractivity contribution < 1.29 is 28.4 Å². The van der Waals surface area contributed by atoms with Crippen molar-refractivity contribution >= 4 is 28.9 Å². The van der Waals surface area contributed by atoms with Crippen LogP contribution in [0, 0.1) is 17.0 Å². The van der Waals surface area contributed by atoms with Crippen LogP contribution in [0.4, 0.5) is 17.1 Å². The minimum Gasteiger partial charge on any atom is -0.462 e. The summed E-state index contributed by atoms with van der Waals surface area (Å²) in [5, 5.41) is 14.2. The van der Waals surface area contributed by atoms with E-state index in [1.54, 1.807) is 44.2 Å². The van der Waals surface area contributed by atoms with Gasteiger partial charge in [0.2, 0.25) is 0 Å². The summed E-state index contributed by atoms with van der Waals surface area (Å²) in [7, 11) is 0. The molecule has 0 saturated carbocycles. The fourth-order valence-corrected chi connectivity index (χ4v) is 3.86. The number of aryl methyl sites for hydroxylation is 1. The molecule has 35 heavy (non-hydrogen) atoms. The van der Waals surface area contributed by atoms with Gasteiger partial charge >= 0.3 is 5.97 Å². The first-order valence-electron chi connectivity index (χ1n) is 11.2. The van der Waals surface area contributed by atoms with E-state index < -0.39 is 16.8 Å². The molecule has 0 unspecified atom stereocenters. The lowest BCUT2D eigenvalue weighted by atomic mass is 10.1. The van der Waals surface area contributed by atoms with Crippen molar-refractivity contribution in [1.29, 1.82) is 0 Å². The molecule has 10 nitrogen and oxygen atoms in total. The topological polar surface area (TPSA) is 124 Å². The normalized spacial score (nSPS) is 13.4. The maximum atomic E-state index is 12.8. The average Bonchev–Trinajstić information content (AvgIpc) is 3.35. The monoisotopic (exact) mass is 479 g/mol. The molecule has 0 spiro atoms. The minimum absolute atomic E-state index is 0.0233. The first-order valence-corrected chi connectivity index (χ1v) is 11.2. The zero-order valence-corrected chi connectivity index (χ0v) is 19.4. The molecule has 10 heteroatoms. The highest BCUT2D eigenvalue weighted by molar-refractivity contribution is 6.04. The van der Waals surface area contributed by atoms with Gasteiger partial charge in [0.15, 0.2) is 5.76 Å². The number of nitro benzene ring substituents is 1. The Bertz CT molecular complexity index is 1260. The second-order valence-corrected chi connectivity index (χ2v) is 7.95. The molecule has 0 atom stereocenters. The quantitative estimate of drug-likeness (QED) is 0.300. The number of rotatable bonds is 7. The lowest BCUT2D eigenvalue weighted by Gasteiger charge is -2.30. The van der Waals surface area contributed by atoms with Crippen LogP contribution < -0.4 is 10.2 Å². The molecule has 1 aliphatic heterocycles. The van der Waals surface area contributed by atoms with Crippen molar-refractivity contribution in [2.24, 2.45) is 0 Å². The number of nitrogens with one attached hydrogen (secondary N) is 1. The fraction of sp³-hybridized carbons (Fsp3) is 0.280. The number of morpholine rings is 1. The highest BCUT2D eigenvalue weighted by atomic mass is 16.6. The number of nitro groups is 1. The van der Waals surface area contributed by atoms with Crippen LogP contribution >= 0.6 is 0 Å². The predicted octanol–water partition coefficient (Wildman–Crippen LogP) is 4.43. The third kappa shape index (κ3) is 5.33. The first-order chi connectivity index (χ1) is 16.9. The summed E-state index contributed by atoms with van der Waals surface area (Å²) in [5.41, 5.74) is 2.33. The van der Waals surface area contributed by atoms with Crippen LogP contribution in [0.3, 0.4) is 0 Å². The van der Waals surface area contributed by atoms with Crippen molar-refractivity contribution in [3.05, 3.63) is 75.5 Å². The first kappa shape index (κ1) is 24.0. The summed E-state index contributed by atoms with van der Waals surface area (Å²) in [6, 6.07) is 12.7.